The molecule has 0 saturated heterocycles. The Balaban J connectivity index is 3.60. The second-order valence-electron chi connectivity index (χ2n) is 2.03. The molecule has 0 radical (unpaired) electrons. The molecule has 0 atom stereocenters. The number of hydrazone groups is 1. The minimum Gasteiger partial charge on any atom is -0.449 e. The molecule has 11 heavy (non-hydrogen) atoms. The van der Waals surface area contributed by atoms with Gasteiger partial charge in [-0.2, -0.15) is 5.10 Å². The lowest BCUT2D eigenvalue weighted by Gasteiger charge is -1.99. The quantitative estimate of drug-likeness (QED) is 0.500. The summed E-state index contributed by atoms with van der Waals surface area (Å²) in [5.41, 5.74) is 3.13. The van der Waals surface area contributed by atoms with Gasteiger partial charge in [0.2, 0.25) is 0 Å². The van der Waals surface area contributed by atoms with Crippen LogP contribution >= 0.6 is 0 Å². The average Bonchev–Trinajstić information content (AvgIpc) is 2.01. The summed E-state index contributed by atoms with van der Waals surface area (Å²) in [7, 11) is 0. The van der Waals surface area contributed by atoms with Gasteiger partial charge in [-0.15, -0.1) is 0 Å². The molecule has 0 aliphatic carbocycles. The van der Waals surface area contributed by atoms with Gasteiger partial charge in [-0.05, 0) is 20.3 Å². The molecule has 0 aromatic heterocycles. The highest BCUT2D eigenvalue weighted by Crippen LogP contribution is 1.82. The second-order valence-corrected chi connectivity index (χ2v) is 2.03. The summed E-state index contributed by atoms with van der Waals surface area (Å²) in [4.78, 5) is 10.6. The third kappa shape index (κ3) is 5.39. The molecule has 0 aromatic carbocycles. The van der Waals surface area contributed by atoms with Gasteiger partial charge in [0, 0.05) is 5.71 Å². The molecule has 0 aliphatic heterocycles. The monoisotopic (exact) mass is 158 g/mol. The molecule has 1 amide bonds. The van der Waals surface area contributed by atoms with E-state index in [1.807, 2.05) is 13.8 Å². The Morgan fingerprint density at radius 1 is 1.55 bits per heavy atom. The first-order valence-electron chi connectivity index (χ1n) is 3.66. The molecular formula is C7H14N2O2. The lowest BCUT2D eigenvalue weighted by Crippen LogP contribution is -2.19. The van der Waals surface area contributed by atoms with Crippen molar-refractivity contribution in [2.45, 2.75) is 27.2 Å². The summed E-state index contributed by atoms with van der Waals surface area (Å²) < 4.78 is 4.58. The molecule has 0 bridgehead atoms. The molecule has 0 fully saturated rings. The third-order valence-electron chi connectivity index (χ3n) is 1.13. The fraction of sp³-hybridized carbons (Fsp3) is 0.714. The van der Waals surface area contributed by atoms with Gasteiger partial charge in [-0.25, -0.2) is 10.2 Å². The number of nitrogens with one attached hydrogen (secondary N) is 1. The van der Waals surface area contributed by atoms with E-state index in [0.29, 0.717) is 6.61 Å². The third-order valence-corrected chi connectivity index (χ3v) is 1.13. The topological polar surface area (TPSA) is 50.7 Å². The van der Waals surface area contributed by atoms with Crippen LogP contribution in [0.3, 0.4) is 0 Å². The van der Waals surface area contributed by atoms with Crippen molar-refractivity contribution in [1.29, 1.82) is 0 Å². The molecule has 4 nitrogen and oxygen atoms in total. The number of nitrogens with zero attached hydrogens (tertiary/aromatic N) is 1. The summed E-state index contributed by atoms with van der Waals surface area (Å²) >= 11 is 0. The predicted octanol–water partition coefficient (Wildman–Crippen LogP) is 1.52. The molecule has 4 heteroatoms. The summed E-state index contributed by atoms with van der Waals surface area (Å²) in [6.45, 7) is 5.92. The van der Waals surface area contributed by atoms with E-state index in [0.717, 1.165) is 12.1 Å². The highest BCUT2D eigenvalue weighted by Gasteiger charge is 1.95. The molecule has 0 aromatic rings. The van der Waals surface area contributed by atoms with E-state index in [1.165, 1.54) is 0 Å². The first-order valence-corrected chi connectivity index (χ1v) is 3.66. The van der Waals surface area contributed by atoms with Crippen molar-refractivity contribution < 1.29 is 9.53 Å². The van der Waals surface area contributed by atoms with Gasteiger partial charge in [0.25, 0.3) is 0 Å². The number of ether oxygens (including phenoxy) is 1. The Morgan fingerprint density at radius 3 is 2.64 bits per heavy atom. The van der Waals surface area contributed by atoms with Crippen molar-refractivity contribution in [2.75, 3.05) is 6.61 Å². The van der Waals surface area contributed by atoms with Crippen LogP contribution in [0.15, 0.2) is 5.10 Å². The molecule has 0 unspecified atom stereocenters. The zero-order chi connectivity index (χ0) is 8.69. The maximum atomic E-state index is 10.6. The van der Waals surface area contributed by atoms with E-state index in [-0.39, 0.29) is 0 Å². The first-order chi connectivity index (χ1) is 5.20. The minimum atomic E-state index is -0.500. The highest BCUT2D eigenvalue weighted by atomic mass is 16.5. The Hall–Kier alpha value is -1.06. The van der Waals surface area contributed by atoms with Crippen molar-refractivity contribution in [3.05, 3.63) is 0 Å². The van der Waals surface area contributed by atoms with Crippen molar-refractivity contribution in [3.63, 3.8) is 0 Å². The lowest BCUT2D eigenvalue weighted by molar-refractivity contribution is 0.152. The molecular weight excluding hydrogens is 144 g/mol. The van der Waals surface area contributed by atoms with Gasteiger partial charge < -0.3 is 4.74 Å². The van der Waals surface area contributed by atoms with E-state index in [9.17, 15) is 4.79 Å². The minimum absolute atomic E-state index is 0.368. The second kappa shape index (κ2) is 5.70. The summed E-state index contributed by atoms with van der Waals surface area (Å²) in [6, 6.07) is 0. The number of hydrogen-bond donors (Lipinski definition) is 1. The standard InChI is InChI=1S/C7H14N2O2/c1-4-6(3)8-9-7(10)11-5-2/h4-5H2,1-3H3,(H,9,10)/b8-6+. The van der Waals surface area contributed by atoms with Gasteiger partial charge in [-0.1, -0.05) is 6.92 Å². The van der Waals surface area contributed by atoms with Gasteiger partial charge >= 0.3 is 6.09 Å². The van der Waals surface area contributed by atoms with E-state index in [2.05, 4.69) is 15.3 Å². The van der Waals surface area contributed by atoms with Crippen LogP contribution in [0.4, 0.5) is 4.79 Å². The fourth-order valence-corrected chi connectivity index (χ4v) is 0.383. The Bertz CT molecular complexity index is 155. The Kier molecular flexibility index (Phi) is 5.15. The summed E-state index contributed by atoms with van der Waals surface area (Å²) in [5, 5.41) is 3.75. The summed E-state index contributed by atoms with van der Waals surface area (Å²) in [6.07, 6.45) is 0.326. The van der Waals surface area contributed by atoms with Crippen LogP contribution < -0.4 is 5.43 Å². The van der Waals surface area contributed by atoms with Crippen LogP contribution in [0, 0.1) is 0 Å². The molecule has 0 saturated carbocycles. The molecule has 0 aliphatic rings. The van der Waals surface area contributed by atoms with Gasteiger partial charge in [0.05, 0.1) is 6.61 Å². The molecule has 0 spiro atoms. The van der Waals surface area contributed by atoms with Gasteiger partial charge in [-0.3, -0.25) is 0 Å². The molecule has 64 valence electrons. The molecule has 0 heterocycles. The van der Waals surface area contributed by atoms with Crippen LogP contribution in [0.1, 0.15) is 27.2 Å². The van der Waals surface area contributed by atoms with Crippen molar-refractivity contribution in [2.24, 2.45) is 5.10 Å². The van der Waals surface area contributed by atoms with Crippen LogP contribution in [0.5, 0.6) is 0 Å². The fourth-order valence-electron chi connectivity index (χ4n) is 0.383. The number of amides is 1. The maximum absolute atomic E-state index is 10.6. The van der Waals surface area contributed by atoms with Crippen molar-refractivity contribution in [3.8, 4) is 0 Å². The molecule has 0 rings (SSSR count). The number of hydrogen-bond acceptors (Lipinski definition) is 3. The number of rotatable bonds is 3. The largest absolute Gasteiger partial charge is 0.449 e. The van der Waals surface area contributed by atoms with E-state index in [1.54, 1.807) is 6.92 Å². The van der Waals surface area contributed by atoms with Crippen molar-refractivity contribution >= 4 is 11.8 Å². The van der Waals surface area contributed by atoms with Gasteiger partial charge in [0.1, 0.15) is 0 Å². The van der Waals surface area contributed by atoms with Crippen LogP contribution in [0.25, 0.3) is 0 Å². The Labute approximate surface area is 66.6 Å². The summed E-state index contributed by atoms with van der Waals surface area (Å²) in [5.74, 6) is 0. The average molecular weight is 158 g/mol. The zero-order valence-electron chi connectivity index (χ0n) is 7.18. The van der Waals surface area contributed by atoms with E-state index >= 15 is 0 Å². The lowest BCUT2D eigenvalue weighted by atomic mass is 10.3. The number of carbonyl (C=O) groups excluding carboxylic acids is 1. The van der Waals surface area contributed by atoms with Crippen molar-refractivity contribution in [1.82, 2.24) is 5.43 Å². The van der Waals surface area contributed by atoms with Crippen LogP contribution in [-0.4, -0.2) is 18.4 Å². The smallest absolute Gasteiger partial charge is 0.427 e. The number of carbonyl (C=O) groups is 1. The Morgan fingerprint density at radius 2 is 2.18 bits per heavy atom. The SMILES string of the molecule is CCOC(=O)N/N=C(\C)CC. The first kappa shape index (κ1) is 9.94. The van der Waals surface area contributed by atoms with E-state index < -0.39 is 6.09 Å². The maximum Gasteiger partial charge on any atom is 0.427 e. The van der Waals surface area contributed by atoms with Crippen LogP contribution in [0.2, 0.25) is 0 Å². The van der Waals surface area contributed by atoms with Crippen LogP contribution in [-0.2, 0) is 4.74 Å². The van der Waals surface area contributed by atoms with Gasteiger partial charge in [0.15, 0.2) is 0 Å². The highest BCUT2D eigenvalue weighted by molar-refractivity contribution is 5.82. The normalized spacial score (nSPS) is 11.0. The zero-order valence-corrected chi connectivity index (χ0v) is 7.18. The molecule has 1 N–H and O–H groups in total. The predicted molar refractivity (Wildman–Crippen MR) is 43.6 cm³/mol. The van der Waals surface area contributed by atoms with E-state index in [4.69, 9.17) is 0 Å².